The molecule has 1 aromatic carbocycles. The lowest BCUT2D eigenvalue weighted by Crippen LogP contribution is -1.83. The highest BCUT2D eigenvalue weighted by Crippen LogP contribution is 2.15. The fraction of sp³-hybridized carbons (Fsp3) is 0.250. The van der Waals surface area contributed by atoms with Gasteiger partial charge in [0.05, 0.1) is 14.2 Å². The molecule has 0 saturated heterocycles. The summed E-state index contributed by atoms with van der Waals surface area (Å²) in [6, 6.07) is 7.44. The van der Waals surface area contributed by atoms with Crippen molar-refractivity contribution in [2.45, 2.75) is 0 Å². The second-order valence-electron chi connectivity index (χ2n) is 1.88. The molecular formula is C8H12O2S. The van der Waals surface area contributed by atoms with Gasteiger partial charge >= 0.3 is 0 Å². The molecule has 11 heavy (non-hydrogen) atoms. The van der Waals surface area contributed by atoms with E-state index >= 15 is 0 Å². The van der Waals surface area contributed by atoms with Gasteiger partial charge in [-0.2, -0.15) is 13.5 Å². The van der Waals surface area contributed by atoms with E-state index < -0.39 is 0 Å². The van der Waals surface area contributed by atoms with E-state index in [1.54, 1.807) is 14.2 Å². The van der Waals surface area contributed by atoms with Gasteiger partial charge in [0.25, 0.3) is 0 Å². The fourth-order valence-corrected chi connectivity index (χ4v) is 0.712. The van der Waals surface area contributed by atoms with E-state index in [4.69, 9.17) is 9.47 Å². The number of hydrogen-bond donors (Lipinski definition) is 0. The minimum atomic E-state index is 0. The van der Waals surface area contributed by atoms with Crippen LogP contribution in [0.4, 0.5) is 0 Å². The first kappa shape index (κ1) is 10.2. The molecule has 2 nitrogen and oxygen atoms in total. The van der Waals surface area contributed by atoms with Crippen LogP contribution in [0.3, 0.4) is 0 Å². The summed E-state index contributed by atoms with van der Waals surface area (Å²) in [5.41, 5.74) is 0. The van der Waals surface area contributed by atoms with Crippen LogP contribution in [0.15, 0.2) is 24.3 Å². The standard InChI is InChI=1S/C8H10O2.H2S/c1-9-7-3-5-8(10-2)6-4-7;/h3-6H,1-2H3;1H2. The zero-order valence-corrected chi connectivity index (χ0v) is 7.63. The summed E-state index contributed by atoms with van der Waals surface area (Å²) in [4.78, 5) is 0. The van der Waals surface area contributed by atoms with Crippen LogP contribution in [0, 0.1) is 0 Å². The Hall–Kier alpha value is -0.830. The van der Waals surface area contributed by atoms with Gasteiger partial charge in [0.2, 0.25) is 0 Å². The zero-order valence-electron chi connectivity index (χ0n) is 6.63. The number of rotatable bonds is 2. The van der Waals surface area contributed by atoms with Crippen molar-refractivity contribution in [2.24, 2.45) is 0 Å². The highest BCUT2D eigenvalue weighted by molar-refractivity contribution is 7.59. The molecule has 0 aliphatic carbocycles. The van der Waals surface area contributed by atoms with Crippen LogP contribution in [0.2, 0.25) is 0 Å². The minimum absolute atomic E-state index is 0. The first-order chi connectivity index (χ1) is 4.86. The van der Waals surface area contributed by atoms with Crippen LogP contribution in [-0.2, 0) is 0 Å². The molecule has 62 valence electrons. The molecule has 0 heterocycles. The predicted molar refractivity (Wildman–Crippen MR) is 49.9 cm³/mol. The summed E-state index contributed by atoms with van der Waals surface area (Å²) in [6.45, 7) is 0. The summed E-state index contributed by atoms with van der Waals surface area (Å²) in [5.74, 6) is 1.70. The summed E-state index contributed by atoms with van der Waals surface area (Å²) in [5, 5.41) is 0. The van der Waals surface area contributed by atoms with Crippen molar-refractivity contribution in [3.63, 3.8) is 0 Å². The Labute approximate surface area is 73.6 Å². The molecule has 0 aromatic heterocycles. The normalized spacial score (nSPS) is 8.18. The molecule has 0 radical (unpaired) electrons. The van der Waals surface area contributed by atoms with Gasteiger partial charge in [0.1, 0.15) is 11.5 Å². The summed E-state index contributed by atoms with van der Waals surface area (Å²) >= 11 is 0. The molecule has 0 spiro atoms. The fourth-order valence-electron chi connectivity index (χ4n) is 0.712. The van der Waals surface area contributed by atoms with Crippen molar-refractivity contribution in [1.82, 2.24) is 0 Å². The SMILES string of the molecule is COc1ccc(OC)cc1.S. The molecule has 0 aliphatic heterocycles. The Morgan fingerprint density at radius 3 is 1.27 bits per heavy atom. The van der Waals surface area contributed by atoms with E-state index in [1.807, 2.05) is 24.3 Å². The van der Waals surface area contributed by atoms with Crippen molar-refractivity contribution >= 4 is 13.5 Å². The van der Waals surface area contributed by atoms with E-state index in [2.05, 4.69) is 0 Å². The van der Waals surface area contributed by atoms with Gasteiger partial charge < -0.3 is 9.47 Å². The number of ether oxygens (including phenoxy) is 2. The van der Waals surface area contributed by atoms with E-state index in [9.17, 15) is 0 Å². The maximum absolute atomic E-state index is 4.96. The second-order valence-corrected chi connectivity index (χ2v) is 1.88. The maximum Gasteiger partial charge on any atom is 0.119 e. The number of methoxy groups -OCH3 is 2. The van der Waals surface area contributed by atoms with Crippen LogP contribution < -0.4 is 9.47 Å². The molecule has 0 unspecified atom stereocenters. The summed E-state index contributed by atoms with van der Waals surface area (Å²) in [6.07, 6.45) is 0. The average molecular weight is 172 g/mol. The van der Waals surface area contributed by atoms with E-state index in [0.717, 1.165) is 11.5 Å². The molecule has 0 amide bonds. The molecule has 0 fully saturated rings. The Kier molecular flexibility index (Phi) is 4.54. The molecule has 0 bridgehead atoms. The number of hydrogen-bond acceptors (Lipinski definition) is 2. The highest BCUT2D eigenvalue weighted by Gasteiger charge is 1.89. The lowest BCUT2D eigenvalue weighted by Gasteiger charge is -2.00. The smallest absolute Gasteiger partial charge is 0.119 e. The Morgan fingerprint density at radius 2 is 1.09 bits per heavy atom. The predicted octanol–water partition coefficient (Wildman–Crippen LogP) is 1.82. The van der Waals surface area contributed by atoms with Crippen molar-refractivity contribution in [2.75, 3.05) is 14.2 Å². The van der Waals surface area contributed by atoms with Crippen LogP contribution in [0.1, 0.15) is 0 Å². The van der Waals surface area contributed by atoms with Gasteiger partial charge in [0.15, 0.2) is 0 Å². The molecule has 0 atom stereocenters. The third-order valence-corrected chi connectivity index (χ3v) is 1.30. The first-order valence-corrected chi connectivity index (χ1v) is 3.05. The monoisotopic (exact) mass is 172 g/mol. The zero-order chi connectivity index (χ0) is 7.40. The van der Waals surface area contributed by atoms with Crippen molar-refractivity contribution in [1.29, 1.82) is 0 Å². The third-order valence-electron chi connectivity index (χ3n) is 1.30. The lowest BCUT2D eigenvalue weighted by molar-refractivity contribution is 0.403. The van der Waals surface area contributed by atoms with E-state index in [1.165, 1.54) is 0 Å². The van der Waals surface area contributed by atoms with E-state index in [-0.39, 0.29) is 13.5 Å². The van der Waals surface area contributed by atoms with Crippen molar-refractivity contribution in [3.05, 3.63) is 24.3 Å². The van der Waals surface area contributed by atoms with Crippen molar-refractivity contribution < 1.29 is 9.47 Å². The van der Waals surface area contributed by atoms with Gasteiger partial charge in [-0.15, -0.1) is 0 Å². The van der Waals surface area contributed by atoms with Gasteiger partial charge in [-0.1, -0.05) is 0 Å². The maximum atomic E-state index is 4.96. The first-order valence-electron chi connectivity index (χ1n) is 3.05. The van der Waals surface area contributed by atoms with Gasteiger partial charge in [0, 0.05) is 0 Å². The molecule has 3 heteroatoms. The molecule has 0 aliphatic rings. The summed E-state index contributed by atoms with van der Waals surface area (Å²) < 4.78 is 9.92. The molecule has 0 saturated carbocycles. The largest absolute Gasteiger partial charge is 0.497 e. The Bertz CT molecular complexity index is 173. The third kappa shape index (κ3) is 2.72. The topological polar surface area (TPSA) is 18.5 Å². The van der Waals surface area contributed by atoms with Gasteiger partial charge in [-0.05, 0) is 24.3 Å². The summed E-state index contributed by atoms with van der Waals surface area (Å²) in [7, 11) is 3.28. The Balaban J connectivity index is 0.000001000. The van der Waals surface area contributed by atoms with Crippen molar-refractivity contribution in [3.8, 4) is 11.5 Å². The van der Waals surface area contributed by atoms with Crippen LogP contribution in [-0.4, -0.2) is 14.2 Å². The highest BCUT2D eigenvalue weighted by atomic mass is 32.1. The van der Waals surface area contributed by atoms with Crippen LogP contribution in [0.25, 0.3) is 0 Å². The van der Waals surface area contributed by atoms with E-state index in [0.29, 0.717) is 0 Å². The molecule has 1 aromatic rings. The Morgan fingerprint density at radius 1 is 0.818 bits per heavy atom. The lowest BCUT2D eigenvalue weighted by atomic mass is 10.3. The van der Waals surface area contributed by atoms with Gasteiger partial charge in [-0.3, -0.25) is 0 Å². The van der Waals surface area contributed by atoms with Crippen LogP contribution >= 0.6 is 13.5 Å². The average Bonchev–Trinajstić information content (AvgIpc) is 2.05. The van der Waals surface area contributed by atoms with Crippen LogP contribution in [0.5, 0.6) is 11.5 Å². The van der Waals surface area contributed by atoms with Gasteiger partial charge in [-0.25, -0.2) is 0 Å². The molecule has 1 rings (SSSR count). The molecule has 0 N–H and O–H groups in total. The minimum Gasteiger partial charge on any atom is -0.497 e. The number of benzene rings is 1. The quantitative estimate of drug-likeness (QED) is 0.677. The molecular weight excluding hydrogens is 160 g/mol. The second kappa shape index (κ2) is 4.91.